The van der Waals surface area contributed by atoms with Gasteiger partial charge in [-0.1, -0.05) is 11.6 Å². The van der Waals surface area contributed by atoms with E-state index in [1.165, 1.54) is 0 Å². The molecular formula is C14H20ClNO2. The molecule has 0 aromatic heterocycles. The Labute approximate surface area is 113 Å². The van der Waals surface area contributed by atoms with E-state index in [2.05, 4.69) is 0 Å². The molecule has 1 aromatic rings. The average Bonchev–Trinajstić information content (AvgIpc) is 2.63. The Hall–Kier alpha value is -0.930. The van der Waals surface area contributed by atoms with Gasteiger partial charge < -0.3 is 15.2 Å². The van der Waals surface area contributed by atoms with E-state index in [9.17, 15) is 0 Å². The molecule has 0 saturated heterocycles. The predicted octanol–water partition coefficient (Wildman–Crippen LogP) is 2.95. The van der Waals surface area contributed by atoms with Gasteiger partial charge >= 0.3 is 0 Å². The highest BCUT2D eigenvalue weighted by Crippen LogP contribution is 2.44. The summed E-state index contributed by atoms with van der Waals surface area (Å²) in [5.41, 5.74) is 7.84. The summed E-state index contributed by atoms with van der Waals surface area (Å²) >= 11 is 6.46. The van der Waals surface area contributed by atoms with Gasteiger partial charge in [0.25, 0.3) is 0 Å². The smallest absolute Gasteiger partial charge is 0.166 e. The maximum Gasteiger partial charge on any atom is 0.166 e. The summed E-state index contributed by atoms with van der Waals surface area (Å²) in [5, 5.41) is 0.772. The zero-order valence-electron chi connectivity index (χ0n) is 11.3. The van der Waals surface area contributed by atoms with Crippen LogP contribution in [0.5, 0.6) is 11.5 Å². The van der Waals surface area contributed by atoms with Gasteiger partial charge in [0, 0.05) is 17.5 Å². The first kappa shape index (κ1) is 13.5. The van der Waals surface area contributed by atoms with Crippen molar-refractivity contribution in [2.75, 3.05) is 7.11 Å². The normalized spacial score (nSPS) is 18.4. The fourth-order valence-corrected chi connectivity index (χ4v) is 2.63. The zero-order chi connectivity index (χ0) is 13.5. The molecule has 2 N–H and O–H groups in total. The molecule has 3 nitrogen and oxygen atoms in total. The summed E-state index contributed by atoms with van der Waals surface area (Å²) in [6.45, 7) is 6.01. The first-order valence-corrected chi connectivity index (χ1v) is 6.53. The molecular weight excluding hydrogens is 250 g/mol. The van der Waals surface area contributed by atoms with Crippen molar-refractivity contribution in [1.29, 1.82) is 0 Å². The zero-order valence-corrected chi connectivity index (χ0v) is 12.1. The van der Waals surface area contributed by atoms with Crippen molar-refractivity contribution >= 4 is 11.6 Å². The van der Waals surface area contributed by atoms with Crippen LogP contribution in [0.15, 0.2) is 6.07 Å². The molecule has 0 fully saturated rings. The number of benzene rings is 1. The van der Waals surface area contributed by atoms with Crippen LogP contribution >= 0.6 is 11.6 Å². The minimum atomic E-state index is -0.298. The molecule has 1 unspecified atom stereocenters. The Kier molecular flexibility index (Phi) is 3.47. The Morgan fingerprint density at radius 3 is 2.78 bits per heavy atom. The standard InChI is InChI=1S/C14H20ClNO2/c1-8-5-10-12(15)9(7-14(2,3)16)6-11(17-4)13(10)18-8/h6,8H,5,7,16H2,1-4H3. The largest absolute Gasteiger partial charge is 0.493 e. The van der Waals surface area contributed by atoms with Crippen molar-refractivity contribution in [2.45, 2.75) is 45.3 Å². The maximum absolute atomic E-state index is 6.46. The van der Waals surface area contributed by atoms with Gasteiger partial charge in [-0.25, -0.2) is 0 Å². The highest BCUT2D eigenvalue weighted by molar-refractivity contribution is 6.32. The number of rotatable bonds is 3. The molecule has 1 aliphatic heterocycles. The van der Waals surface area contributed by atoms with Gasteiger partial charge in [-0.2, -0.15) is 0 Å². The maximum atomic E-state index is 6.46. The summed E-state index contributed by atoms with van der Waals surface area (Å²) < 4.78 is 11.1. The molecule has 2 rings (SSSR count). The second-order valence-corrected chi connectivity index (χ2v) is 6.04. The molecule has 4 heteroatoms. The predicted molar refractivity (Wildman–Crippen MR) is 73.8 cm³/mol. The van der Waals surface area contributed by atoms with Crippen LogP contribution in [-0.4, -0.2) is 18.8 Å². The number of hydrogen-bond acceptors (Lipinski definition) is 3. The lowest BCUT2D eigenvalue weighted by Gasteiger charge is -2.21. The lowest BCUT2D eigenvalue weighted by molar-refractivity contribution is 0.243. The van der Waals surface area contributed by atoms with Crippen LogP contribution in [0.25, 0.3) is 0 Å². The van der Waals surface area contributed by atoms with E-state index in [-0.39, 0.29) is 11.6 Å². The van der Waals surface area contributed by atoms with Gasteiger partial charge in [0.2, 0.25) is 0 Å². The van der Waals surface area contributed by atoms with Gasteiger partial charge in [-0.05, 0) is 38.8 Å². The van der Waals surface area contributed by atoms with Crippen LogP contribution in [0, 0.1) is 0 Å². The van der Waals surface area contributed by atoms with E-state index >= 15 is 0 Å². The number of hydrogen-bond donors (Lipinski definition) is 1. The van der Waals surface area contributed by atoms with E-state index in [0.717, 1.165) is 34.1 Å². The van der Waals surface area contributed by atoms with Crippen LogP contribution < -0.4 is 15.2 Å². The highest BCUT2D eigenvalue weighted by Gasteiger charge is 2.28. The Morgan fingerprint density at radius 2 is 2.22 bits per heavy atom. The van der Waals surface area contributed by atoms with E-state index in [4.69, 9.17) is 26.8 Å². The van der Waals surface area contributed by atoms with Gasteiger partial charge in [0.15, 0.2) is 11.5 Å². The lowest BCUT2D eigenvalue weighted by atomic mass is 9.94. The van der Waals surface area contributed by atoms with Crippen LogP contribution in [0.3, 0.4) is 0 Å². The minimum absolute atomic E-state index is 0.146. The molecule has 0 radical (unpaired) electrons. The number of methoxy groups -OCH3 is 1. The second-order valence-electron chi connectivity index (χ2n) is 5.66. The van der Waals surface area contributed by atoms with E-state index in [1.807, 2.05) is 26.8 Å². The quantitative estimate of drug-likeness (QED) is 0.918. The Morgan fingerprint density at radius 1 is 1.56 bits per heavy atom. The van der Waals surface area contributed by atoms with Crippen LogP contribution in [0.4, 0.5) is 0 Å². The summed E-state index contributed by atoms with van der Waals surface area (Å²) in [5.74, 6) is 1.53. The van der Waals surface area contributed by atoms with Gasteiger partial charge in [0.05, 0.1) is 12.1 Å². The van der Waals surface area contributed by atoms with Crippen molar-refractivity contribution in [3.8, 4) is 11.5 Å². The molecule has 18 heavy (non-hydrogen) atoms. The van der Waals surface area contributed by atoms with Crippen molar-refractivity contribution < 1.29 is 9.47 Å². The number of halogens is 1. The van der Waals surface area contributed by atoms with Gasteiger partial charge in [-0.3, -0.25) is 0 Å². The molecule has 0 amide bonds. The third-order valence-electron chi connectivity index (χ3n) is 3.03. The van der Waals surface area contributed by atoms with Crippen LogP contribution in [-0.2, 0) is 12.8 Å². The fraction of sp³-hybridized carbons (Fsp3) is 0.571. The first-order chi connectivity index (χ1) is 8.31. The molecule has 1 aliphatic rings. The molecule has 1 heterocycles. The minimum Gasteiger partial charge on any atom is -0.493 e. The third-order valence-corrected chi connectivity index (χ3v) is 3.50. The van der Waals surface area contributed by atoms with Gasteiger partial charge in [-0.15, -0.1) is 0 Å². The summed E-state index contributed by atoms with van der Waals surface area (Å²) in [7, 11) is 1.65. The van der Waals surface area contributed by atoms with Gasteiger partial charge in [0.1, 0.15) is 6.10 Å². The third kappa shape index (κ3) is 2.57. The summed E-state index contributed by atoms with van der Waals surface area (Å²) in [4.78, 5) is 0. The lowest BCUT2D eigenvalue weighted by Crippen LogP contribution is -2.34. The second kappa shape index (κ2) is 4.63. The fourth-order valence-electron chi connectivity index (χ4n) is 2.34. The van der Waals surface area contributed by atoms with Crippen LogP contribution in [0.2, 0.25) is 5.02 Å². The van der Waals surface area contributed by atoms with E-state index < -0.39 is 0 Å². The van der Waals surface area contributed by atoms with E-state index in [0.29, 0.717) is 6.42 Å². The average molecular weight is 270 g/mol. The van der Waals surface area contributed by atoms with Crippen molar-refractivity contribution in [3.63, 3.8) is 0 Å². The number of fused-ring (bicyclic) bond motifs is 1. The topological polar surface area (TPSA) is 44.5 Å². The number of ether oxygens (including phenoxy) is 2. The molecule has 0 aliphatic carbocycles. The van der Waals surface area contributed by atoms with Crippen molar-refractivity contribution in [1.82, 2.24) is 0 Å². The number of nitrogens with two attached hydrogens (primary N) is 1. The van der Waals surface area contributed by atoms with E-state index in [1.54, 1.807) is 7.11 Å². The molecule has 1 aromatic carbocycles. The highest BCUT2D eigenvalue weighted by atomic mass is 35.5. The van der Waals surface area contributed by atoms with Crippen molar-refractivity contribution in [3.05, 3.63) is 22.2 Å². The Bertz CT molecular complexity index is 466. The molecule has 100 valence electrons. The van der Waals surface area contributed by atoms with Crippen LogP contribution in [0.1, 0.15) is 31.9 Å². The molecule has 1 atom stereocenters. The SMILES string of the molecule is COc1cc(CC(C)(C)N)c(Cl)c2c1OC(C)C2. The Balaban J connectivity index is 2.48. The molecule has 0 spiro atoms. The summed E-state index contributed by atoms with van der Waals surface area (Å²) in [6.07, 6.45) is 1.68. The molecule has 0 bridgehead atoms. The molecule has 0 saturated carbocycles. The first-order valence-electron chi connectivity index (χ1n) is 6.15. The van der Waals surface area contributed by atoms with Crippen molar-refractivity contribution in [2.24, 2.45) is 5.73 Å². The summed E-state index contributed by atoms with van der Waals surface area (Å²) in [6, 6.07) is 1.94. The monoisotopic (exact) mass is 269 g/mol.